The zero-order valence-electron chi connectivity index (χ0n) is 20.2. The van der Waals surface area contributed by atoms with E-state index in [9.17, 15) is 4.79 Å². The molecule has 7 nitrogen and oxygen atoms in total. The molecule has 1 fully saturated rings. The van der Waals surface area contributed by atoms with Gasteiger partial charge in [-0.3, -0.25) is 0 Å². The fourth-order valence-electron chi connectivity index (χ4n) is 3.90. The molecular weight excluding hydrogens is 426 g/mol. The zero-order valence-corrected chi connectivity index (χ0v) is 20.2. The summed E-state index contributed by atoms with van der Waals surface area (Å²) < 4.78 is 5.54. The Bertz CT molecular complexity index is 1080. The summed E-state index contributed by atoms with van der Waals surface area (Å²) in [5.74, 6) is 1.32. The highest BCUT2D eigenvalue weighted by atomic mass is 16.6. The molecule has 4 rings (SSSR count). The lowest BCUT2D eigenvalue weighted by Gasteiger charge is -2.40. The number of hydrogen-bond donors (Lipinski definition) is 0. The lowest BCUT2D eigenvalue weighted by Crippen LogP contribution is -2.55. The van der Waals surface area contributed by atoms with E-state index < -0.39 is 5.60 Å². The number of amides is 1. The van der Waals surface area contributed by atoms with Gasteiger partial charge < -0.3 is 14.5 Å². The van der Waals surface area contributed by atoms with Crippen molar-refractivity contribution in [3.63, 3.8) is 0 Å². The highest BCUT2D eigenvalue weighted by Crippen LogP contribution is 2.21. The number of rotatable bonds is 4. The smallest absolute Gasteiger partial charge is 0.410 e. The predicted octanol–water partition coefficient (Wildman–Crippen LogP) is 5.09. The minimum Gasteiger partial charge on any atom is -0.444 e. The fourth-order valence-corrected chi connectivity index (χ4v) is 3.90. The molecule has 2 heterocycles. The largest absolute Gasteiger partial charge is 0.444 e. The highest BCUT2D eigenvalue weighted by molar-refractivity contribution is 6.13. The monoisotopic (exact) mass is 457 g/mol. The third-order valence-corrected chi connectivity index (χ3v) is 5.52. The molecule has 2 aromatic carbocycles. The SMILES string of the molecule is CC1CN(c2cnc(N=C(c3ccccc3)c3ccccc3)cn2)CCN1C(=O)OC(C)(C)C. The predicted molar refractivity (Wildman–Crippen MR) is 135 cm³/mol. The molecule has 3 aromatic rings. The summed E-state index contributed by atoms with van der Waals surface area (Å²) in [7, 11) is 0. The minimum atomic E-state index is -0.506. The first-order valence-corrected chi connectivity index (χ1v) is 11.6. The van der Waals surface area contributed by atoms with E-state index in [1.807, 2.05) is 88.4 Å². The number of benzene rings is 2. The van der Waals surface area contributed by atoms with Gasteiger partial charge in [-0.25, -0.2) is 19.8 Å². The molecule has 1 aliphatic rings. The molecule has 0 spiro atoms. The van der Waals surface area contributed by atoms with Crippen molar-refractivity contribution in [2.75, 3.05) is 24.5 Å². The van der Waals surface area contributed by atoms with E-state index in [4.69, 9.17) is 9.73 Å². The van der Waals surface area contributed by atoms with Crippen molar-refractivity contribution >= 4 is 23.4 Å². The third kappa shape index (κ3) is 5.78. The first-order chi connectivity index (χ1) is 16.3. The molecule has 0 N–H and O–H groups in total. The number of ether oxygens (including phenoxy) is 1. The average Bonchev–Trinajstić information content (AvgIpc) is 2.83. The van der Waals surface area contributed by atoms with Crippen LogP contribution in [0, 0.1) is 0 Å². The van der Waals surface area contributed by atoms with Gasteiger partial charge in [-0.15, -0.1) is 0 Å². The van der Waals surface area contributed by atoms with Crippen LogP contribution in [0.3, 0.4) is 0 Å². The van der Waals surface area contributed by atoms with Crippen molar-refractivity contribution in [3.8, 4) is 0 Å². The Morgan fingerprint density at radius 1 is 0.941 bits per heavy atom. The number of aromatic nitrogens is 2. The molecule has 176 valence electrons. The van der Waals surface area contributed by atoms with Crippen LogP contribution in [0.15, 0.2) is 78.0 Å². The standard InChI is InChI=1S/C27H31N5O2/c1-20-19-31(15-16-32(20)26(33)34-27(2,3)4)24-18-28-23(17-29-24)30-25(21-11-7-5-8-12-21)22-13-9-6-10-14-22/h5-14,17-18,20H,15-16,19H2,1-4H3. The number of aliphatic imine (C=N–C) groups is 1. The van der Waals surface area contributed by atoms with Gasteiger partial charge in [0.2, 0.25) is 0 Å². The molecule has 1 amide bonds. The molecule has 1 atom stereocenters. The van der Waals surface area contributed by atoms with E-state index in [1.54, 1.807) is 17.3 Å². The van der Waals surface area contributed by atoms with Gasteiger partial charge >= 0.3 is 6.09 Å². The van der Waals surface area contributed by atoms with Crippen molar-refractivity contribution in [1.82, 2.24) is 14.9 Å². The van der Waals surface area contributed by atoms with Crippen LogP contribution >= 0.6 is 0 Å². The van der Waals surface area contributed by atoms with Gasteiger partial charge in [0.05, 0.1) is 18.1 Å². The van der Waals surface area contributed by atoms with Gasteiger partial charge in [0.25, 0.3) is 0 Å². The quantitative estimate of drug-likeness (QED) is 0.510. The highest BCUT2D eigenvalue weighted by Gasteiger charge is 2.31. The summed E-state index contributed by atoms with van der Waals surface area (Å²) in [6, 6.07) is 20.2. The van der Waals surface area contributed by atoms with E-state index in [0.717, 1.165) is 22.7 Å². The summed E-state index contributed by atoms with van der Waals surface area (Å²) in [5, 5.41) is 0. The molecule has 34 heavy (non-hydrogen) atoms. The van der Waals surface area contributed by atoms with Gasteiger partial charge in [-0.2, -0.15) is 0 Å². The third-order valence-electron chi connectivity index (χ3n) is 5.52. The molecule has 1 unspecified atom stereocenters. The molecule has 1 aliphatic heterocycles. The van der Waals surface area contributed by atoms with Crippen LogP contribution < -0.4 is 4.90 Å². The Morgan fingerprint density at radius 3 is 2.06 bits per heavy atom. The Morgan fingerprint density at radius 2 is 1.56 bits per heavy atom. The molecular formula is C27H31N5O2. The molecule has 0 radical (unpaired) electrons. The first kappa shape index (κ1) is 23.4. The Labute approximate surface area is 201 Å². The van der Waals surface area contributed by atoms with Crippen LogP contribution in [0.4, 0.5) is 16.4 Å². The van der Waals surface area contributed by atoms with Crippen molar-refractivity contribution < 1.29 is 9.53 Å². The summed E-state index contributed by atoms with van der Waals surface area (Å²) in [6.07, 6.45) is 3.18. The van der Waals surface area contributed by atoms with Crippen molar-refractivity contribution in [2.45, 2.75) is 39.3 Å². The molecule has 0 aliphatic carbocycles. The van der Waals surface area contributed by atoms with Crippen molar-refractivity contribution in [3.05, 3.63) is 84.2 Å². The second-order valence-corrected chi connectivity index (χ2v) is 9.39. The number of carbonyl (C=O) groups excluding carboxylic acids is 1. The molecule has 0 saturated carbocycles. The number of anilines is 1. The van der Waals surface area contributed by atoms with Gasteiger partial charge in [0, 0.05) is 36.8 Å². The van der Waals surface area contributed by atoms with E-state index in [0.29, 0.717) is 25.5 Å². The second kappa shape index (κ2) is 10.0. The van der Waals surface area contributed by atoms with E-state index in [2.05, 4.69) is 14.9 Å². The number of piperazine rings is 1. The molecule has 1 saturated heterocycles. The van der Waals surface area contributed by atoms with Crippen LogP contribution in [0.2, 0.25) is 0 Å². The van der Waals surface area contributed by atoms with Gasteiger partial charge in [-0.05, 0) is 27.7 Å². The molecule has 0 bridgehead atoms. The maximum atomic E-state index is 12.5. The fraction of sp³-hybridized carbons (Fsp3) is 0.333. The van der Waals surface area contributed by atoms with Gasteiger partial charge in [-0.1, -0.05) is 60.7 Å². The topological polar surface area (TPSA) is 70.9 Å². The normalized spacial score (nSPS) is 16.2. The Balaban J connectivity index is 1.50. The molecule has 1 aromatic heterocycles. The minimum absolute atomic E-state index is 0.00543. The van der Waals surface area contributed by atoms with Crippen LogP contribution in [-0.4, -0.2) is 57.9 Å². The van der Waals surface area contributed by atoms with Crippen LogP contribution in [-0.2, 0) is 4.74 Å². The van der Waals surface area contributed by atoms with Crippen LogP contribution in [0.5, 0.6) is 0 Å². The zero-order chi connectivity index (χ0) is 24.1. The first-order valence-electron chi connectivity index (χ1n) is 11.6. The summed E-state index contributed by atoms with van der Waals surface area (Å²) in [4.78, 5) is 30.4. The van der Waals surface area contributed by atoms with Gasteiger partial charge in [0.15, 0.2) is 5.82 Å². The summed E-state index contributed by atoms with van der Waals surface area (Å²) >= 11 is 0. The van der Waals surface area contributed by atoms with Crippen LogP contribution in [0.1, 0.15) is 38.8 Å². The summed E-state index contributed by atoms with van der Waals surface area (Å²) in [5.41, 5.74) is 2.38. The maximum absolute atomic E-state index is 12.5. The lowest BCUT2D eigenvalue weighted by molar-refractivity contribution is 0.0158. The van der Waals surface area contributed by atoms with Gasteiger partial charge in [0.1, 0.15) is 11.4 Å². The second-order valence-electron chi connectivity index (χ2n) is 9.39. The summed E-state index contributed by atoms with van der Waals surface area (Å²) in [6.45, 7) is 9.57. The van der Waals surface area contributed by atoms with E-state index >= 15 is 0 Å². The maximum Gasteiger partial charge on any atom is 0.410 e. The number of nitrogens with zero attached hydrogens (tertiary/aromatic N) is 5. The Hall–Kier alpha value is -3.74. The van der Waals surface area contributed by atoms with E-state index in [-0.39, 0.29) is 12.1 Å². The number of carbonyl (C=O) groups is 1. The number of hydrogen-bond acceptors (Lipinski definition) is 6. The lowest BCUT2D eigenvalue weighted by atomic mass is 10.0. The van der Waals surface area contributed by atoms with Crippen molar-refractivity contribution in [2.24, 2.45) is 4.99 Å². The van der Waals surface area contributed by atoms with Crippen molar-refractivity contribution in [1.29, 1.82) is 0 Å². The average molecular weight is 458 g/mol. The van der Waals surface area contributed by atoms with E-state index in [1.165, 1.54) is 0 Å². The Kier molecular flexibility index (Phi) is 6.91. The van der Waals surface area contributed by atoms with Crippen LogP contribution in [0.25, 0.3) is 0 Å². The molecule has 7 heteroatoms.